The molecule has 1 aromatic carbocycles. The molecule has 1 aliphatic heterocycles. The highest BCUT2D eigenvalue weighted by atomic mass is 16.6. The predicted molar refractivity (Wildman–Crippen MR) is 58.0 cm³/mol. The summed E-state index contributed by atoms with van der Waals surface area (Å²) in [6.07, 6.45) is 0. The molecule has 0 aliphatic carbocycles. The fourth-order valence-corrected chi connectivity index (χ4v) is 1.76. The second-order valence-electron chi connectivity index (χ2n) is 3.89. The number of anilines is 1. The van der Waals surface area contributed by atoms with Gasteiger partial charge in [-0.3, -0.25) is 10.1 Å². The normalized spacial score (nSPS) is 16.3. The summed E-state index contributed by atoms with van der Waals surface area (Å²) < 4.78 is 0. The van der Waals surface area contributed by atoms with Crippen molar-refractivity contribution in [3.8, 4) is 0 Å². The summed E-state index contributed by atoms with van der Waals surface area (Å²) in [5.41, 5.74) is 7.55. The molecule has 2 N–H and O–H groups in total. The third kappa shape index (κ3) is 1.78. The van der Waals surface area contributed by atoms with Gasteiger partial charge in [-0.15, -0.1) is 0 Å². The molecular weight excluding hydrogens is 194 g/mol. The Morgan fingerprint density at radius 2 is 2.20 bits per heavy atom. The average molecular weight is 207 g/mol. The van der Waals surface area contributed by atoms with Crippen LogP contribution in [0.2, 0.25) is 0 Å². The Kier molecular flexibility index (Phi) is 2.32. The third-order valence-electron chi connectivity index (χ3n) is 2.65. The number of aryl methyl sites for hydroxylation is 1. The van der Waals surface area contributed by atoms with Gasteiger partial charge in [0.15, 0.2) is 0 Å². The second kappa shape index (κ2) is 3.51. The molecule has 0 spiro atoms. The number of nitrogens with two attached hydrogens (primary N) is 1. The lowest BCUT2D eigenvalue weighted by Crippen LogP contribution is -2.55. The molecule has 0 amide bonds. The molecule has 1 aromatic rings. The van der Waals surface area contributed by atoms with E-state index in [1.807, 2.05) is 6.07 Å². The Bertz CT molecular complexity index is 400. The van der Waals surface area contributed by atoms with E-state index in [1.165, 1.54) is 0 Å². The molecule has 1 heterocycles. The molecule has 80 valence electrons. The Labute approximate surface area is 87.6 Å². The first-order valence-electron chi connectivity index (χ1n) is 4.83. The molecular formula is C10H13N3O2. The van der Waals surface area contributed by atoms with E-state index in [0.717, 1.165) is 18.8 Å². The van der Waals surface area contributed by atoms with Crippen molar-refractivity contribution in [3.05, 3.63) is 33.9 Å². The van der Waals surface area contributed by atoms with Gasteiger partial charge in [-0.2, -0.15) is 0 Å². The fraction of sp³-hybridized carbons (Fsp3) is 0.400. The van der Waals surface area contributed by atoms with Crippen molar-refractivity contribution in [2.45, 2.75) is 13.0 Å². The van der Waals surface area contributed by atoms with Crippen molar-refractivity contribution in [2.24, 2.45) is 5.73 Å². The number of hydrogen-bond acceptors (Lipinski definition) is 4. The summed E-state index contributed by atoms with van der Waals surface area (Å²) in [7, 11) is 0. The van der Waals surface area contributed by atoms with Gasteiger partial charge in [0, 0.05) is 36.4 Å². The van der Waals surface area contributed by atoms with Gasteiger partial charge in [0.2, 0.25) is 0 Å². The number of rotatable bonds is 2. The minimum absolute atomic E-state index is 0.170. The molecule has 0 radical (unpaired) electrons. The number of nitro groups is 1. The van der Waals surface area contributed by atoms with Crippen LogP contribution in [0.1, 0.15) is 5.56 Å². The Morgan fingerprint density at radius 1 is 1.53 bits per heavy atom. The summed E-state index contributed by atoms with van der Waals surface area (Å²) in [5.74, 6) is 0. The first-order valence-corrected chi connectivity index (χ1v) is 4.83. The van der Waals surface area contributed by atoms with Gasteiger partial charge in [0.05, 0.1) is 4.92 Å². The number of benzene rings is 1. The lowest BCUT2D eigenvalue weighted by atomic mass is 10.1. The van der Waals surface area contributed by atoms with Crippen LogP contribution in [-0.4, -0.2) is 24.1 Å². The summed E-state index contributed by atoms with van der Waals surface area (Å²) in [5, 5.41) is 10.6. The lowest BCUT2D eigenvalue weighted by molar-refractivity contribution is -0.385. The average Bonchev–Trinajstić information content (AvgIpc) is 2.12. The standard InChI is InChI=1S/C10H13N3O2/c1-7-4-9(12-5-8(11)6-12)2-3-10(7)13(14)15/h2-4,8H,5-6,11H2,1H3. The summed E-state index contributed by atoms with van der Waals surface area (Å²) in [4.78, 5) is 12.4. The minimum Gasteiger partial charge on any atom is -0.368 e. The molecule has 5 heteroatoms. The van der Waals surface area contributed by atoms with Gasteiger partial charge in [0.1, 0.15) is 0 Å². The third-order valence-corrected chi connectivity index (χ3v) is 2.65. The maximum atomic E-state index is 10.6. The van der Waals surface area contributed by atoms with E-state index in [2.05, 4.69) is 4.90 Å². The zero-order valence-electron chi connectivity index (χ0n) is 8.51. The molecule has 0 saturated carbocycles. The Hall–Kier alpha value is -1.62. The fourth-order valence-electron chi connectivity index (χ4n) is 1.76. The van der Waals surface area contributed by atoms with Crippen molar-refractivity contribution < 1.29 is 4.92 Å². The predicted octanol–water partition coefficient (Wildman–Crippen LogP) is 1.05. The molecule has 0 bridgehead atoms. The topological polar surface area (TPSA) is 72.4 Å². The van der Waals surface area contributed by atoms with E-state index >= 15 is 0 Å². The molecule has 15 heavy (non-hydrogen) atoms. The van der Waals surface area contributed by atoms with Crippen LogP contribution in [0, 0.1) is 17.0 Å². The highest BCUT2D eigenvalue weighted by Gasteiger charge is 2.24. The first kappa shape index (κ1) is 9.92. The van der Waals surface area contributed by atoms with Crippen molar-refractivity contribution in [1.29, 1.82) is 0 Å². The molecule has 0 atom stereocenters. The van der Waals surface area contributed by atoms with Crippen LogP contribution in [0.5, 0.6) is 0 Å². The Balaban J connectivity index is 2.22. The molecule has 2 rings (SSSR count). The first-order chi connectivity index (χ1) is 7.08. The lowest BCUT2D eigenvalue weighted by Gasteiger charge is -2.38. The zero-order chi connectivity index (χ0) is 11.0. The number of hydrogen-bond donors (Lipinski definition) is 1. The van der Waals surface area contributed by atoms with Crippen LogP contribution in [0.3, 0.4) is 0 Å². The van der Waals surface area contributed by atoms with Crippen LogP contribution in [0.15, 0.2) is 18.2 Å². The van der Waals surface area contributed by atoms with Crippen LogP contribution in [-0.2, 0) is 0 Å². The van der Waals surface area contributed by atoms with Gasteiger partial charge in [0.25, 0.3) is 5.69 Å². The van der Waals surface area contributed by atoms with Gasteiger partial charge in [-0.05, 0) is 19.1 Å². The Morgan fingerprint density at radius 3 is 2.67 bits per heavy atom. The minimum atomic E-state index is -0.360. The van der Waals surface area contributed by atoms with E-state index in [0.29, 0.717) is 5.56 Å². The van der Waals surface area contributed by atoms with Crippen molar-refractivity contribution in [1.82, 2.24) is 0 Å². The van der Waals surface area contributed by atoms with Gasteiger partial charge in [-0.25, -0.2) is 0 Å². The SMILES string of the molecule is Cc1cc(N2CC(N)C2)ccc1[N+](=O)[O-]. The molecule has 1 saturated heterocycles. The highest BCUT2D eigenvalue weighted by Crippen LogP contribution is 2.26. The molecule has 1 fully saturated rings. The van der Waals surface area contributed by atoms with E-state index in [9.17, 15) is 10.1 Å². The van der Waals surface area contributed by atoms with E-state index in [-0.39, 0.29) is 16.7 Å². The molecule has 5 nitrogen and oxygen atoms in total. The van der Waals surface area contributed by atoms with Crippen LogP contribution < -0.4 is 10.6 Å². The zero-order valence-corrected chi connectivity index (χ0v) is 8.51. The smallest absolute Gasteiger partial charge is 0.272 e. The maximum Gasteiger partial charge on any atom is 0.272 e. The molecule has 0 unspecified atom stereocenters. The van der Waals surface area contributed by atoms with Gasteiger partial charge < -0.3 is 10.6 Å². The quantitative estimate of drug-likeness (QED) is 0.581. The summed E-state index contributed by atoms with van der Waals surface area (Å²) in [6, 6.07) is 5.40. The summed E-state index contributed by atoms with van der Waals surface area (Å²) in [6.45, 7) is 3.41. The van der Waals surface area contributed by atoms with E-state index < -0.39 is 0 Å². The van der Waals surface area contributed by atoms with Gasteiger partial charge in [-0.1, -0.05) is 0 Å². The molecule has 0 aromatic heterocycles. The van der Waals surface area contributed by atoms with Gasteiger partial charge >= 0.3 is 0 Å². The summed E-state index contributed by atoms with van der Waals surface area (Å²) >= 11 is 0. The van der Waals surface area contributed by atoms with E-state index in [1.54, 1.807) is 19.1 Å². The largest absolute Gasteiger partial charge is 0.368 e. The van der Waals surface area contributed by atoms with Crippen LogP contribution in [0.4, 0.5) is 11.4 Å². The van der Waals surface area contributed by atoms with Crippen molar-refractivity contribution >= 4 is 11.4 Å². The maximum absolute atomic E-state index is 10.6. The number of nitrogens with zero attached hydrogens (tertiary/aromatic N) is 2. The van der Waals surface area contributed by atoms with Crippen LogP contribution in [0.25, 0.3) is 0 Å². The van der Waals surface area contributed by atoms with Crippen molar-refractivity contribution in [3.63, 3.8) is 0 Å². The van der Waals surface area contributed by atoms with E-state index in [4.69, 9.17) is 5.73 Å². The van der Waals surface area contributed by atoms with Crippen molar-refractivity contribution in [2.75, 3.05) is 18.0 Å². The number of nitro benzene ring substituents is 1. The monoisotopic (exact) mass is 207 g/mol. The highest BCUT2D eigenvalue weighted by molar-refractivity contribution is 5.56. The molecule has 1 aliphatic rings. The van der Waals surface area contributed by atoms with Crippen LogP contribution >= 0.6 is 0 Å². The second-order valence-corrected chi connectivity index (χ2v) is 3.89.